The van der Waals surface area contributed by atoms with Crippen molar-refractivity contribution in [3.8, 4) is 0 Å². The number of aromatic nitrogens is 3. The smallest absolute Gasteiger partial charge is 0.251 e. The second kappa shape index (κ2) is 9.94. The normalized spacial score (nSPS) is 12.2. The van der Waals surface area contributed by atoms with Gasteiger partial charge in [0.1, 0.15) is 0 Å². The number of nitrogens with one attached hydrogen (secondary N) is 1. The Morgan fingerprint density at radius 1 is 1.10 bits per heavy atom. The molecule has 0 radical (unpaired) electrons. The average Bonchev–Trinajstić information content (AvgIpc) is 3.14. The van der Waals surface area contributed by atoms with E-state index in [2.05, 4.69) is 40.9 Å². The van der Waals surface area contributed by atoms with Crippen molar-refractivity contribution in [1.29, 1.82) is 0 Å². The number of amides is 1. The van der Waals surface area contributed by atoms with E-state index in [1.54, 1.807) is 11.8 Å². The van der Waals surface area contributed by atoms with Gasteiger partial charge in [0.15, 0.2) is 11.0 Å². The first kappa shape index (κ1) is 21.4. The molecule has 1 atom stereocenters. The van der Waals surface area contributed by atoms with E-state index < -0.39 is 0 Å². The Balaban J connectivity index is 1.80. The first-order chi connectivity index (χ1) is 14.0. The van der Waals surface area contributed by atoms with Crippen LogP contribution in [0.3, 0.4) is 0 Å². The average molecular weight is 429 g/mol. The molecule has 1 heterocycles. The number of carbonyl (C=O) groups is 1. The van der Waals surface area contributed by atoms with Crippen molar-refractivity contribution in [3.63, 3.8) is 0 Å². The van der Waals surface area contributed by atoms with Crippen LogP contribution in [0.1, 0.15) is 48.6 Å². The number of hydrogen-bond acceptors (Lipinski definition) is 4. The molecule has 3 rings (SSSR count). The predicted molar refractivity (Wildman–Crippen MR) is 118 cm³/mol. The van der Waals surface area contributed by atoms with Gasteiger partial charge < -0.3 is 9.88 Å². The Kier molecular flexibility index (Phi) is 7.34. The fraction of sp³-hybridized carbons (Fsp3) is 0.318. The molecule has 0 aliphatic carbocycles. The zero-order valence-electron chi connectivity index (χ0n) is 16.8. The van der Waals surface area contributed by atoms with Crippen LogP contribution >= 0.6 is 23.4 Å². The van der Waals surface area contributed by atoms with Gasteiger partial charge in [-0.15, -0.1) is 10.2 Å². The summed E-state index contributed by atoms with van der Waals surface area (Å²) >= 11 is 7.87. The Labute approximate surface area is 180 Å². The first-order valence-electron chi connectivity index (χ1n) is 9.66. The molecule has 152 valence electrons. The molecule has 0 saturated carbocycles. The third-order valence-corrected chi connectivity index (χ3v) is 6.03. The lowest BCUT2D eigenvalue weighted by atomic mass is 10.0. The first-order valence-corrected chi connectivity index (χ1v) is 11.0. The lowest BCUT2D eigenvalue weighted by Crippen LogP contribution is -2.33. The van der Waals surface area contributed by atoms with Crippen LogP contribution in [0.4, 0.5) is 0 Å². The molecule has 1 amide bonds. The van der Waals surface area contributed by atoms with E-state index in [9.17, 15) is 4.79 Å². The summed E-state index contributed by atoms with van der Waals surface area (Å²) in [6, 6.07) is 16.8. The molecule has 3 aromatic rings. The highest BCUT2D eigenvalue weighted by Gasteiger charge is 2.26. The lowest BCUT2D eigenvalue weighted by molar-refractivity contribution is 0.0922. The Morgan fingerprint density at radius 2 is 1.79 bits per heavy atom. The van der Waals surface area contributed by atoms with Gasteiger partial charge in [0.05, 0.1) is 6.04 Å². The molecule has 0 aliphatic rings. The van der Waals surface area contributed by atoms with Crippen LogP contribution in [0.5, 0.6) is 0 Å². The minimum absolute atomic E-state index is 0.111. The highest BCUT2D eigenvalue weighted by atomic mass is 35.5. The van der Waals surface area contributed by atoms with Gasteiger partial charge in [0.25, 0.3) is 5.91 Å². The van der Waals surface area contributed by atoms with E-state index in [0.717, 1.165) is 28.1 Å². The van der Waals surface area contributed by atoms with E-state index in [4.69, 9.17) is 11.6 Å². The lowest BCUT2D eigenvalue weighted by Gasteiger charge is -2.22. The summed E-state index contributed by atoms with van der Waals surface area (Å²) in [5.41, 5.74) is 1.69. The Morgan fingerprint density at radius 3 is 2.45 bits per heavy atom. The standard InChI is InChI=1S/C22H25ClN4OS/c1-4-27-20(19(15(2)3)24-21(28)16-10-6-5-7-11-16)25-26-22(27)29-14-17-12-8-9-13-18(17)23/h5-13,15,19H,4,14H2,1-3H3,(H,24,28)/t19-/m1/s1. The van der Waals surface area contributed by atoms with E-state index in [0.29, 0.717) is 11.3 Å². The zero-order valence-corrected chi connectivity index (χ0v) is 18.4. The van der Waals surface area contributed by atoms with Gasteiger partial charge >= 0.3 is 0 Å². The minimum atomic E-state index is -0.232. The summed E-state index contributed by atoms with van der Waals surface area (Å²) < 4.78 is 2.07. The quantitative estimate of drug-likeness (QED) is 0.490. The number of carbonyl (C=O) groups excluding carboxylic acids is 1. The van der Waals surface area contributed by atoms with Crippen LogP contribution in [0.15, 0.2) is 59.8 Å². The summed E-state index contributed by atoms with van der Waals surface area (Å²) in [7, 11) is 0. The molecule has 1 N–H and O–H groups in total. The van der Waals surface area contributed by atoms with Gasteiger partial charge in [0, 0.05) is 22.9 Å². The van der Waals surface area contributed by atoms with Gasteiger partial charge in [0.2, 0.25) is 0 Å². The molecule has 0 aliphatic heterocycles. The van der Waals surface area contributed by atoms with Crippen LogP contribution in [0, 0.1) is 5.92 Å². The molecule has 5 nitrogen and oxygen atoms in total. The number of nitrogens with zero attached hydrogens (tertiary/aromatic N) is 3. The highest BCUT2D eigenvalue weighted by Crippen LogP contribution is 2.29. The molecule has 2 aromatic carbocycles. The van der Waals surface area contributed by atoms with Crippen LogP contribution in [-0.2, 0) is 12.3 Å². The van der Waals surface area contributed by atoms with Crippen LogP contribution in [0.2, 0.25) is 5.02 Å². The Bertz CT molecular complexity index is 958. The summed E-state index contributed by atoms with van der Waals surface area (Å²) in [5.74, 6) is 1.54. The van der Waals surface area contributed by atoms with Crippen molar-refractivity contribution >= 4 is 29.3 Å². The maximum Gasteiger partial charge on any atom is 0.251 e. The Hall–Kier alpha value is -2.31. The van der Waals surface area contributed by atoms with Crippen molar-refractivity contribution in [3.05, 3.63) is 76.6 Å². The van der Waals surface area contributed by atoms with Crippen LogP contribution in [0.25, 0.3) is 0 Å². The fourth-order valence-electron chi connectivity index (χ4n) is 3.04. The van der Waals surface area contributed by atoms with Crippen LogP contribution < -0.4 is 5.32 Å². The van der Waals surface area contributed by atoms with Gasteiger partial charge in [-0.3, -0.25) is 4.79 Å². The second-order valence-corrected chi connectivity index (χ2v) is 8.38. The molecular weight excluding hydrogens is 404 g/mol. The zero-order chi connectivity index (χ0) is 20.8. The molecule has 0 unspecified atom stereocenters. The fourth-order valence-corrected chi connectivity index (χ4v) is 4.33. The van der Waals surface area contributed by atoms with Crippen LogP contribution in [-0.4, -0.2) is 20.7 Å². The predicted octanol–water partition coefficient (Wildman–Crippen LogP) is 5.37. The number of benzene rings is 2. The molecular formula is C22H25ClN4OS. The molecule has 29 heavy (non-hydrogen) atoms. The third-order valence-electron chi connectivity index (χ3n) is 4.64. The molecule has 0 fully saturated rings. The van der Waals surface area contributed by atoms with Gasteiger partial charge in [-0.25, -0.2) is 0 Å². The van der Waals surface area contributed by atoms with E-state index in [-0.39, 0.29) is 17.9 Å². The molecule has 0 spiro atoms. The van der Waals surface area contributed by atoms with Gasteiger partial charge in [-0.05, 0) is 36.6 Å². The van der Waals surface area contributed by atoms with Gasteiger partial charge in [-0.2, -0.15) is 0 Å². The monoisotopic (exact) mass is 428 g/mol. The van der Waals surface area contributed by atoms with E-state index in [1.165, 1.54) is 0 Å². The van der Waals surface area contributed by atoms with E-state index >= 15 is 0 Å². The highest BCUT2D eigenvalue weighted by molar-refractivity contribution is 7.98. The van der Waals surface area contributed by atoms with Crippen molar-refractivity contribution < 1.29 is 4.79 Å². The number of thioether (sulfide) groups is 1. The van der Waals surface area contributed by atoms with Crippen molar-refractivity contribution in [2.24, 2.45) is 5.92 Å². The number of halogens is 1. The minimum Gasteiger partial charge on any atom is -0.342 e. The molecule has 1 aromatic heterocycles. The maximum atomic E-state index is 12.7. The van der Waals surface area contributed by atoms with E-state index in [1.807, 2.05) is 54.6 Å². The van der Waals surface area contributed by atoms with Crippen molar-refractivity contribution in [1.82, 2.24) is 20.1 Å². The van der Waals surface area contributed by atoms with Crippen molar-refractivity contribution in [2.45, 2.75) is 44.3 Å². The SMILES string of the molecule is CCn1c(SCc2ccccc2Cl)nnc1[C@H](NC(=O)c1ccccc1)C(C)C. The summed E-state index contributed by atoms with van der Waals surface area (Å²) in [6.45, 7) is 6.92. The molecule has 0 bridgehead atoms. The second-order valence-electron chi connectivity index (χ2n) is 7.03. The van der Waals surface area contributed by atoms with Gasteiger partial charge in [-0.1, -0.05) is 73.6 Å². The summed E-state index contributed by atoms with van der Waals surface area (Å²) in [4.78, 5) is 12.7. The van der Waals surface area contributed by atoms with Crippen molar-refractivity contribution in [2.75, 3.05) is 0 Å². The largest absolute Gasteiger partial charge is 0.342 e. The molecule has 7 heteroatoms. The topological polar surface area (TPSA) is 59.8 Å². The molecule has 0 saturated heterocycles. The summed E-state index contributed by atoms with van der Waals surface area (Å²) in [5, 5.41) is 13.5. The maximum absolute atomic E-state index is 12.7. The number of hydrogen-bond donors (Lipinski definition) is 1. The summed E-state index contributed by atoms with van der Waals surface area (Å²) in [6.07, 6.45) is 0. The third kappa shape index (κ3) is 5.19. The number of rotatable bonds is 8.